The number of ether oxygens (including phenoxy) is 2. The van der Waals surface area contributed by atoms with Gasteiger partial charge in [0.15, 0.2) is 0 Å². The van der Waals surface area contributed by atoms with Gasteiger partial charge in [0.25, 0.3) is 0 Å². The highest BCUT2D eigenvalue weighted by atomic mass is 16.6. The largest absolute Gasteiger partial charge is 0.465 e. The molecule has 0 aliphatic heterocycles. The number of amides is 1. The fourth-order valence-corrected chi connectivity index (χ4v) is 4.58. The average Bonchev–Trinajstić information content (AvgIpc) is 3.54. The van der Waals surface area contributed by atoms with Crippen molar-refractivity contribution in [3.63, 3.8) is 0 Å². The Labute approximate surface area is 195 Å². The normalized spacial score (nSPS) is 20.8. The maximum Gasteiger partial charge on any atom is 0.422 e. The van der Waals surface area contributed by atoms with Gasteiger partial charge in [-0.25, -0.2) is 19.7 Å². The molecule has 33 heavy (non-hydrogen) atoms. The summed E-state index contributed by atoms with van der Waals surface area (Å²) < 4.78 is 12.2. The van der Waals surface area contributed by atoms with E-state index in [4.69, 9.17) is 9.47 Å². The summed E-state index contributed by atoms with van der Waals surface area (Å²) in [6.07, 6.45) is 7.38. The van der Waals surface area contributed by atoms with Crippen LogP contribution in [0.5, 0.6) is 0 Å². The Balaban J connectivity index is 1.47. The zero-order valence-electron chi connectivity index (χ0n) is 19.9. The quantitative estimate of drug-likeness (QED) is 0.490. The highest BCUT2D eigenvalue weighted by molar-refractivity contribution is 5.90. The first-order chi connectivity index (χ1) is 15.7. The summed E-state index contributed by atoms with van der Waals surface area (Å²) >= 11 is 0. The summed E-state index contributed by atoms with van der Waals surface area (Å²) in [6.45, 7) is 5.54. The molecule has 0 bridgehead atoms. The molecule has 0 spiro atoms. The number of rotatable bonds is 6. The van der Waals surface area contributed by atoms with E-state index in [-0.39, 0.29) is 12.0 Å². The number of carbonyl (C=O) groups is 2. The van der Waals surface area contributed by atoms with Gasteiger partial charge in [-0.2, -0.15) is 5.10 Å². The Morgan fingerprint density at radius 1 is 1.12 bits per heavy atom. The second-order valence-corrected chi connectivity index (χ2v) is 10.0. The fourth-order valence-electron chi connectivity index (χ4n) is 4.58. The number of benzene rings is 1. The van der Waals surface area contributed by atoms with Crippen molar-refractivity contribution in [2.45, 2.75) is 82.8 Å². The molecule has 1 aromatic heterocycles. The molecular formula is C25H34N4O4. The lowest BCUT2D eigenvalue weighted by molar-refractivity contribution is 0.0480. The van der Waals surface area contributed by atoms with Gasteiger partial charge in [-0.3, -0.25) is 5.43 Å². The van der Waals surface area contributed by atoms with Crippen molar-refractivity contribution in [2.75, 3.05) is 7.11 Å². The molecule has 2 N–H and O–H groups in total. The maximum atomic E-state index is 12.2. The number of hydrogen-bond acceptors (Lipinski definition) is 6. The fraction of sp³-hybridized carbons (Fsp3) is 0.560. The lowest BCUT2D eigenvalue weighted by atomic mass is 9.81. The van der Waals surface area contributed by atoms with Crippen molar-refractivity contribution in [2.24, 2.45) is 0 Å². The predicted octanol–water partition coefficient (Wildman–Crippen LogP) is 4.59. The van der Waals surface area contributed by atoms with Crippen LogP contribution in [0.15, 0.2) is 30.5 Å². The third-order valence-electron chi connectivity index (χ3n) is 6.21. The first kappa shape index (κ1) is 23.3. The Morgan fingerprint density at radius 3 is 2.61 bits per heavy atom. The number of methoxy groups -OCH3 is 1. The van der Waals surface area contributed by atoms with E-state index in [1.165, 1.54) is 12.7 Å². The maximum absolute atomic E-state index is 12.2. The van der Waals surface area contributed by atoms with Crippen molar-refractivity contribution in [3.8, 4) is 5.69 Å². The van der Waals surface area contributed by atoms with Crippen LogP contribution in [0.4, 0.5) is 4.79 Å². The van der Waals surface area contributed by atoms with Crippen molar-refractivity contribution in [3.05, 3.63) is 47.3 Å². The number of hydrogen-bond donors (Lipinski definition) is 2. The molecule has 2 atom stereocenters. The number of nitrogens with one attached hydrogen (secondary N) is 2. The molecule has 0 radical (unpaired) electrons. The molecular weight excluding hydrogens is 420 g/mol. The van der Waals surface area contributed by atoms with E-state index >= 15 is 0 Å². The van der Waals surface area contributed by atoms with E-state index in [0.29, 0.717) is 17.4 Å². The summed E-state index contributed by atoms with van der Waals surface area (Å²) in [7, 11) is 1.40. The van der Waals surface area contributed by atoms with Crippen molar-refractivity contribution >= 4 is 12.1 Å². The van der Waals surface area contributed by atoms with Crippen LogP contribution in [0, 0.1) is 0 Å². The highest BCUT2D eigenvalue weighted by Gasteiger charge is 2.33. The highest BCUT2D eigenvalue weighted by Crippen LogP contribution is 2.43. The molecule has 2 unspecified atom stereocenters. The molecule has 2 fully saturated rings. The van der Waals surface area contributed by atoms with E-state index in [9.17, 15) is 9.59 Å². The Morgan fingerprint density at radius 2 is 1.91 bits per heavy atom. The summed E-state index contributed by atoms with van der Waals surface area (Å²) in [4.78, 5) is 24.2. The number of aromatic nitrogens is 2. The van der Waals surface area contributed by atoms with Gasteiger partial charge in [0.2, 0.25) is 0 Å². The second kappa shape index (κ2) is 9.55. The Hall–Kier alpha value is -2.87. The number of nitrogens with zero attached hydrogens (tertiary/aromatic N) is 2. The van der Waals surface area contributed by atoms with E-state index in [2.05, 4.69) is 34.1 Å². The van der Waals surface area contributed by atoms with Crippen LogP contribution in [0.3, 0.4) is 0 Å². The molecule has 0 saturated heterocycles. The minimum atomic E-state index is -0.527. The molecule has 2 saturated carbocycles. The SMILES string of the molecule is COC(=O)c1cnn(-c2cccc(C3CCCC(NNC(=O)OC(C)(C)C)C3)c2)c1C1CC1. The van der Waals surface area contributed by atoms with Gasteiger partial charge in [0.1, 0.15) is 11.2 Å². The minimum absolute atomic E-state index is 0.178. The predicted molar refractivity (Wildman–Crippen MR) is 124 cm³/mol. The minimum Gasteiger partial charge on any atom is -0.465 e. The summed E-state index contributed by atoms with van der Waals surface area (Å²) in [5.41, 5.74) is 9.03. The third-order valence-corrected chi connectivity index (χ3v) is 6.21. The standard InChI is InChI=1S/C25H34N4O4/c1-25(2,3)33-24(31)28-27-19-9-5-7-17(13-19)18-8-6-10-20(14-18)29-22(16-11-12-16)21(15-26-29)23(30)32-4/h6,8,10,14-17,19,27H,5,7,9,11-13H2,1-4H3,(H,28,31). The first-order valence-electron chi connectivity index (χ1n) is 11.8. The molecule has 2 aliphatic carbocycles. The first-order valence-corrected chi connectivity index (χ1v) is 11.8. The van der Waals surface area contributed by atoms with Crippen LogP contribution in [-0.4, -0.2) is 40.6 Å². The lowest BCUT2D eigenvalue weighted by Crippen LogP contribution is -2.47. The van der Waals surface area contributed by atoms with Gasteiger partial charge < -0.3 is 9.47 Å². The van der Waals surface area contributed by atoms with Gasteiger partial charge in [0, 0.05) is 12.0 Å². The van der Waals surface area contributed by atoms with Crippen LogP contribution < -0.4 is 10.9 Å². The topological polar surface area (TPSA) is 94.5 Å². The monoisotopic (exact) mass is 454 g/mol. The van der Waals surface area contributed by atoms with Gasteiger partial charge in [-0.1, -0.05) is 18.6 Å². The van der Waals surface area contributed by atoms with Crippen LogP contribution >= 0.6 is 0 Å². The Kier molecular flexibility index (Phi) is 6.74. The van der Waals surface area contributed by atoms with E-state index in [1.54, 1.807) is 6.20 Å². The molecule has 1 aromatic carbocycles. The Bertz CT molecular complexity index is 1010. The molecule has 1 amide bonds. The van der Waals surface area contributed by atoms with E-state index in [1.807, 2.05) is 31.5 Å². The van der Waals surface area contributed by atoms with Gasteiger partial charge in [-0.15, -0.1) is 0 Å². The summed E-state index contributed by atoms with van der Waals surface area (Å²) in [5, 5.41) is 4.54. The van der Waals surface area contributed by atoms with E-state index < -0.39 is 11.7 Å². The van der Waals surface area contributed by atoms with Crippen molar-refractivity contribution < 1.29 is 19.1 Å². The molecule has 1 heterocycles. The number of esters is 1. The van der Waals surface area contributed by atoms with Crippen LogP contribution in [-0.2, 0) is 9.47 Å². The van der Waals surface area contributed by atoms with E-state index in [0.717, 1.165) is 49.9 Å². The van der Waals surface area contributed by atoms with Crippen LogP contribution in [0.1, 0.15) is 92.7 Å². The second-order valence-electron chi connectivity index (χ2n) is 10.0. The summed E-state index contributed by atoms with van der Waals surface area (Å²) in [6, 6.07) is 8.59. The van der Waals surface area contributed by atoms with Crippen molar-refractivity contribution in [1.29, 1.82) is 0 Å². The molecule has 2 aliphatic rings. The third kappa shape index (κ3) is 5.74. The number of hydrazine groups is 1. The van der Waals surface area contributed by atoms with Gasteiger partial charge in [0.05, 0.1) is 24.7 Å². The smallest absolute Gasteiger partial charge is 0.422 e. The molecule has 2 aromatic rings. The zero-order valence-corrected chi connectivity index (χ0v) is 19.9. The van der Waals surface area contributed by atoms with Crippen LogP contribution in [0.2, 0.25) is 0 Å². The van der Waals surface area contributed by atoms with Crippen molar-refractivity contribution in [1.82, 2.24) is 20.6 Å². The summed E-state index contributed by atoms with van der Waals surface area (Å²) in [5.74, 6) is 0.391. The van der Waals surface area contributed by atoms with Gasteiger partial charge in [-0.05, 0) is 76.5 Å². The van der Waals surface area contributed by atoms with Gasteiger partial charge >= 0.3 is 12.1 Å². The molecule has 4 rings (SSSR count). The molecule has 8 nitrogen and oxygen atoms in total. The zero-order chi connectivity index (χ0) is 23.6. The molecule has 8 heteroatoms. The average molecular weight is 455 g/mol. The van der Waals surface area contributed by atoms with Crippen LogP contribution in [0.25, 0.3) is 5.69 Å². The number of carbonyl (C=O) groups excluding carboxylic acids is 2. The molecule has 178 valence electrons. The lowest BCUT2D eigenvalue weighted by Gasteiger charge is -2.30.